The van der Waals surface area contributed by atoms with Gasteiger partial charge in [0.2, 0.25) is 23.6 Å². The average Bonchev–Trinajstić information content (AvgIpc) is 0.977. The first-order valence-corrected chi connectivity index (χ1v) is 38.6. The number of aromatic amines is 4. The molecule has 122 heavy (non-hydrogen) atoms. The summed E-state index contributed by atoms with van der Waals surface area (Å²) in [6.45, 7) is -0.956. The van der Waals surface area contributed by atoms with E-state index in [1.807, 2.05) is 29.8 Å². The maximum atomic E-state index is 14.7. The molecule has 0 bridgehead atoms. The van der Waals surface area contributed by atoms with Gasteiger partial charge in [-0.05, 0) is 86.9 Å². The van der Waals surface area contributed by atoms with E-state index in [0.29, 0.717) is 136 Å². The van der Waals surface area contributed by atoms with Gasteiger partial charge in [0, 0.05) is 132 Å². The van der Waals surface area contributed by atoms with Crippen LogP contribution in [0, 0.1) is 11.7 Å². The topological polar surface area (TPSA) is 394 Å². The lowest BCUT2D eigenvalue weighted by Gasteiger charge is -2.41. The Hall–Kier alpha value is -12.3. The van der Waals surface area contributed by atoms with E-state index in [4.69, 9.17) is 51.1 Å². The van der Waals surface area contributed by atoms with Crippen LogP contribution in [0.4, 0.5) is 80.8 Å². The fourth-order valence-corrected chi connectivity index (χ4v) is 13.9. The Morgan fingerprint density at radius 1 is 0.533 bits per heavy atom. The standard InChI is InChI=1S/C20H19ClF3N7O3.C19H17ClF4N6O.C18H16ClF3N6O.C18H19ClF2N6O/c1-34-19(33)30-4-5-31(14(9-30)18(32)28-10-20(22,23)24)15-2-3-25-17(29-15)13-8-27-16-12(13)6-11(21)7-26-16;20-10-5-11-12(7-26-15(11)25-6-10)16-27-8-13(21)17(29-16)30-4-2-1-3-14(30)18(31)28-9-19(22,23)24;19-10-6-11-12(8-25-14(11)24-7-10)15-23-5-2-13(27-15)28-17(3-1-4-17)16(29)26-9-18(20,21)22;1-9(2)15(18(28)25-8-13(20)21)26-14-3-4-22-17(27-14)12-7-24-16-11(12)5-10(19)6-23-16/h2-3,6-8,14H,4-5,9-10H2,1H3,(H,26,27)(H,28,32);5-8,14H,1-4,9H2,(H,25,26)(H,28,31);2,5-8H,1,3-4,9H2,(H,24,25)(H,26,29)(H,23,27,28);3-7,9,13,15H,8H2,1-2H3,(H,23,24)(H,25,28)(H,22,26,27)/t2*14-;;15-/m00.1/s1. The summed E-state index contributed by atoms with van der Waals surface area (Å²) in [7, 11) is 1.19. The molecule has 3 atom stereocenters. The summed E-state index contributed by atoms with van der Waals surface area (Å²) in [6.07, 6.45) is 4.50. The average molecular weight is 1790 g/mol. The lowest BCUT2D eigenvalue weighted by Crippen LogP contribution is -2.61. The molecule has 0 aromatic carbocycles. The predicted octanol–water partition coefficient (Wildman–Crippen LogP) is 13.6. The van der Waals surface area contributed by atoms with Gasteiger partial charge in [0.25, 0.3) is 6.43 Å². The molecule has 2 aliphatic heterocycles. The van der Waals surface area contributed by atoms with E-state index < -0.39 is 110 Å². The highest BCUT2D eigenvalue weighted by atomic mass is 35.5. The second kappa shape index (κ2) is 38.2. The Bertz CT molecular complexity index is 5760. The monoisotopic (exact) mass is 1790 g/mol. The van der Waals surface area contributed by atoms with E-state index in [-0.39, 0.29) is 50.2 Å². The van der Waals surface area contributed by atoms with Crippen LogP contribution in [0.5, 0.6) is 0 Å². The van der Waals surface area contributed by atoms with Crippen LogP contribution in [0.2, 0.25) is 20.1 Å². The van der Waals surface area contributed by atoms with Gasteiger partial charge in [0.15, 0.2) is 34.9 Å². The molecule has 31 nitrogen and oxygen atoms in total. The van der Waals surface area contributed by atoms with Crippen molar-refractivity contribution in [1.29, 1.82) is 0 Å². The fraction of sp³-hybridized carbons (Fsp3) is 0.347. The van der Waals surface area contributed by atoms with Gasteiger partial charge in [-0.2, -0.15) is 39.5 Å². The molecule has 644 valence electrons. The number of amides is 5. The molecule has 3 fully saturated rings. The number of anilines is 4. The van der Waals surface area contributed by atoms with Gasteiger partial charge < -0.3 is 71.3 Å². The van der Waals surface area contributed by atoms with Crippen molar-refractivity contribution >= 4 is 144 Å². The molecule has 3 aliphatic rings. The van der Waals surface area contributed by atoms with Crippen molar-refractivity contribution in [3.8, 4) is 45.6 Å². The maximum Gasteiger partial charge on any atom is 0.409 e. The summed E-state index contributed by atoms with van der Waals surface area (Å²) >= 11 is 24.1. The van der Waals surface area contributed by atoms with E-state index in [2.05, 4.69) is 95.7 Å². The second-order valence-corrected chi connectivity index (χ2v) is 29.7. The predicted molar refractivity (Wildman–Crippen MR) is 427 cm³/mol. The van der Waals surface area contributed by atoms with E-state index in [0.717, 1.165) is 23.4 Å². The number of nitrogens with one attached hydrogen (secondary N) is 10. The summed E-state index contributed by atoms with van der Waals surface area (Å²) in [5, 5.41) is 18.5. The van der Waals surface area contributed by atoms with Crippen molar-refractivity contribution in [2.75, 3.05) is 79.9 Å². The number of halogens is 16. The molecular weight excluding hydrogens is 1720 g/mol. The molecular formula is C75H71Cl4F12N25O6. The van der Waals surface area contributed by atoms with Gasteiger partial charge in [-0.1, -0.05) is 60.3 Å². The SMILES string of the molecule is CC(C)[C@@H](Nc1ccnc(-c2c[nH]c3ncc(Cl)cc23)n1)C(=O)NCC(F)F.COC(=O)N1CCN(c2ccnc(-c3c[nH]c4ncc(Cl)cc34)n2)[C@H](C(=O)NCC(F)(F)F)C1.O=C(NCC(F)(F)F)C1(Nc2ccnc(-c3c[nH]c4ncc(Cl)cc34)n2)CCC1.O=C(NCC(F)(F)F)[C@@H]1CCCCN1c1nc(-c2c[nH]c3ncc(Cl)cc23)ncc1F. The van der Waals surface area contributed by atoms with Crippen LogP contribution < -0.4 is 41.7 Å². The number of nitrogens with zero attached hydrogens (tertiary/aromatic N) is 15. The molecule has 47 heteroatoms. The van der Waals surface area contributed by atoms with Crippen molar-refractivity contribution in [2.24, 2.45) is 5.92 Å². The largest absolute Gasteiger partial charge is 0.453 e. The Morgan fingerprint density at radius 3 is 1.44 bits per heavy atom. The molecule has 0 radical (unpaired) electrons. The lowest BCUT2D eigenvalue weighted by molar-refractivity contribution is -0.142. The molecule has 12 aromatic heterocycles. The van der Waals surface area contributed by atoms with Crippen molar-refractivity contribution in [2.45, 2.75) is 101 Å². The minimum absolute atomic E-state index is 0.136. The first kappa shape index (κ1) is 89.0. The van der Waals surface area contributed by atoms with Crippen molar-refractivity contribution in [3.63, 3.8) is 0 Å². The molecule has 1 saturated carbocycles. The van der Waals surface area contributed by atoms with Crippen molar-refractivity contribution < 1.29 is 81.4 Å². The summed E-state index contributed by atoms with van der Waals surface area (Å²) in [5.41, 5.74) is 3.78. The van der Waals surface area contributed by atoms with Crippen LogP contribution in [0.1, 0.15) is 52.4 Å². The number of alkyl halides is 11. The third-order valence-corrected chi connectivity index (χ3v) is 20.0. The number of rotatable bonds is 20. The number of piperidine rings is 1. The molecule has 2 saturated heterocycles. The molecule has 15 rings (SSSR count). The van der Waals surface area contributed by atoms with Crippen molar-refractivity contribution in [1.82, 2.24) is 106 Å². The highest BCUT2D eigenvalue weighted by molar-refractivity contribution is 6.32. The smallest absolute Gasteiger partial charge is 0.409 e. The minimum Gasteiger partial charge on any atom is -0.453 e. The molecule has 0 unspecified atom stereocenters. The van der Waals surface area contributed by atoms with Crippen LogP contribution in [0.15, 0.2) is 117 Å². The number of hydrogen-bond donors (Lipinski definition) is 10. The Balaban J connectivity index is 0.000000149. The number of carbonyl (C=O) groups excluding carboxylic acids is 5. The molecule has 12 aromatic rings. The van der Waals surface area contributed by atoms with Gasteiger partial charge in [-0.25, -0.2) is 77.8 Å². The van der Waals surface area contributed by atoms with E-state index >= 15 is 0 Å². The first-order chi connectivity index (χ1) is 58.0. The highest BCUT2D eigenvalue weighted by Crippen LogP contribution is 2.39. The molecule has 0 spiro atoms. The number of H-pyrrole nitrogens is 4. The van der Waals surface area contributed by atoms with Crippen LogP contribution in [-0.4, -0.2) is 222 Å². The van der Waals surface area contributed by atoms with Crippen molar-refractivity contribution in [3.05, 3.63) is 143 Å². The van der Waals surface area contributed by atoms with Crippen LogP contribution in [0.3, 0.4) is 0 Å². The quantitative estimate of drug-likeness (QED) is 0.0317. The van der Waals surface area contributed by atoms with Gasteiger partial charge in [-0.3, -0.25) is 19.2 Å². The maximum absolute atomic E-state index is 14.7. The summed E-state index contributed by atoms with van der Waals surface area (Å²) < 4.78 is 157. The summed E-state index contributed by atoms with van der Waals surface area (Å²) in [6, 6.07) is 8.77. The van der Waals surface area contributed by atoms with Crippen LogP contribution >= 0.6 is 46.4 Å². The Kier molecular flexibility index (Phi) is 27.9. The van der Waals surface area contributed by atoms with E-state index in [1.54, 1.807) is 73.4 Å². The molecule has 1 aliphatic carbocycles. The fourth-order valence-electron chi connectivity index (χ4n) is 13.3. The number of ether oxygens (including phenoxy) is 1. The lowest BCUT2D eigenvalue weighted by atomic mass is 9.76. The number of carbonyl (C=O) groups is 5. The second-order valence-electron chi connectivity index (χ2n) is 28.0. The van der Waals surface area contributed by atoms with Gasteiger partial charge in [0.1, 0.15) is 83.3 Å². The zero-order chi connectivity index (χ0) is 87.5. The zero-order valence-corrected chi connectivity index (χ0v) is 67.0. The third-order valence-electron chi connectivity index (χ3n) is 19.2. The van der Waals surface area contributed by atoms with Crippen LogP contribution in [-0.2, 0) is 23.9 Å². The molecule has 10 N–H and O–H groups in total. The highest BCUT2D eigenvalue weighted by Gasteiger charge is 2.46. The van der Waals surface area contributed by atoms with E-state index in [1.165, 1.54) is 59.0 Å². The first-order valence-electron chi connectivity index (χ1n) is 37.0. The summed E-state index contributed by atoms with van der Waals surface area (Å²) in [4.78, 5) is 129. The Labute approximate surface area is 702 Å². The number of pyridine rings is 4. The number of fused-ring (bicyclic) bond motifs is 4. The van der Waals surface area contributed by atoms with Gasteiger partial charge >= 0.3 is 24.6 Å². The minimum atomic E-state index is -4.58. The number of hydrogen-bond acceptors (Lipinski definition) is 22. The summed E-state index contributed by atoms with van der Waals surface area (Å²) in [5.74, 6) is -1.65. The van der Waals surface area contributed by atoms with Crippen LogP contribution in [0.25, 0.3) is 89.7 Å². The number of methoxy groups -OCH3 is 1. The Morgan fingerprint density at radius 2 is 0.984 bits per heavy atom. The number of piperazine rings is 1. The van der Waals surface area contributed by atoms with Gasteiger partial charge in [-0.15, -0.1) is 0 Å². The van der Waals surface area contributed by atoms with E-state index in [9.17, 15) is 76.7 Å². The third kappa shape index (κ3) is 22.3. The molecule has 5 amide bonds. The number of aromatic nitrogens is 16. The zero-order valence-electron chi connectivity index (χ0n) is 64.0. The normalized spacial score (nSPS) is 15.6. The molecule has 14 heterocycles. The van der Waals surface area contributed by atoms with Gasteiger partial charge in [0.05, 0.1) is 46.5 Å².